The molecule has 2 bridgehead atoms. The van der Waals surface area contributed by atoms with Crippen molar-refractivity contribution >= 4 is 52.6 Å². The van der Waals surface area contributed by atoms with Gasteiger partial charge in [-0.25, -0.2) is 19.9 Å². The molecule has 3 unspecified atom stereocenters. The monoisotopic (exact) mass is 656 g/mol. The molecule has 0 radical (unpaired) electrons. The Labute approximate surface area is 248 Å². The topological polar surface area (TPSA) is 235 Å². The minimum Gasteiger partial charge on any atom is -0.382 e. The average molecular weight is 657 g/mol. The largest absolute Gasteiger partial charge is 0.382 e. The van der Waals surface area contributed by atoms with Crippen molar-refractivity contribution < 1.29 is 41.7 Å². The van der Waals surface area contributed by atoms with Gasteiger partial charge in [-0.3, -0.25) is 23.4 Å². The second-order valence-corrected chi connectivity index (χ2v) is 13.8. The van der Waals surface area contributed by atoms with Crippen LogP contribution in [0.2, 0.25) is 0 Å². The second-order valence-electron chi connectivity index (χ2n) is 11.0. The van der Waals surface area contributed by atoms with Crippen LogP contribution in [0.5, 0.6) is 0 Å². The Morgan fingerprint density at radius 2 is 1.86 bits per heavy atom. The third-order valence-corrected chi connectivity index (χ3v) is 9.78. The van der Waals surface area contributed by atoms with Crippen molar-refractivity contribution in [1.29, 1.82) is 0 Å². The molecule has 0 aromatic carbocycles. The number of aromatic nitrogens is 8. The number of alkyl halides is 2. The maximum absolute atomic E-state index is 15.9. The zero-order valence-corrected chi connectivity index (χ0v) is 24.1. The first-order chi connectivity index (χ1) is 20.9. The van der Waals surface area contributed by atoms with Crippen LogP contribution in [-0.4, -0.2) is 93.3 Å². The van der Waals surface area contributed by atoms with Crippen LogP contribution in [0.25, 0.3) is 22.3 Å². The summed E-state index contributed by atoms with van der Waals surface area (Å²) in [4.78, 5) is 46.0. The predicted octanol–water partition coefficient (Wildman–Crippen LogP) is -0.0660. The molecule has 0 aliphatic carbocycles. The molecular formula is C22H23F2N10O8PS. The second kappa shape index (κ2) is 9.37. The maximum Gasteiger partial charge on any atom is 0.328 e. The molecule has 9 atom stereocenters. The number of anilines is 2. The van der Waals surface area contributed by atoms with Crippen LogP contribution in [0.15, 0.2) is 23.8 Å². The highest BCUT2D eigenvalue weighted by Crippen LogP contribution is 2.58. The zero-order chi connectivity index (χ0) is 30.8. The van der Waals surface area contributed by atoms with Gasteiger partial charge < -0.3 is 39.8 Å². The van der Waals surface area contributed by atoms with Crippen LogP contribution < -0.4 is 17.0 Å². The molecule has 4 aromatic rings. The van der Waals surface area contributed by atoms with Crippen molar-refractivity contribution in [3.05, 3.63) is 29.3 Å². The number of aromatic amines is 1. The van der Waals surface area contributed by atoms with E-state index in [-0.39, 0.29) is 36.1 Å². The summed E-state index contributed by atoms with van der Waals surface area (Å²) in [6.07, 6.45) is -4.44. The Kier molecular flexibility index (Phi) is 6.01. The Balaban J connectivity index is 1.13. The average Bonchev–Trinajstić information content (AvgIpc) is 3.69. The standard InChI is InChI=1S/C22H23F2N10O8PS/c1-21-3-37-19-22(23,24)12(18(40-19)34-6-30-10-15(34)31-20(26)32-16(10)35)42-43(36,44)38-2-7-8(21)11(41-21)17(39-7)33-5-29-9-13(25)27-4-28-14(9)33/h4-8,11-12,17-19H,2-3H2,1H3,(H,36,44)(H2,25,27,28)(H3,26,31,32,35)/t7-,8-,11-,12+,17-,18-,19?,21?,43?/m1/s1. The summed E-state index contributed by atoms with van der Waals surface area (Å²) in [5.74, 6) is -4.46. The lowest BCUT2D eigenvalue weighted by Gasteiger charge is -2.51. The molecule has 8 heterocycles. The number of fused-ring (bicyclic) bond motifs is 4. The minimum atomic E-state index is -4.39. The smallest absolute Gasteiger partial charge is 0.328 e. The molecule has 6 N–H and O–H groups in total. The Hall–Kier alpha value is -3.27. The fourth-order valence-corrected chi connectivity index (χ4v) is 7.67. The van der Waals surface area contributed by atoms with Crippen molar-refractivity contribution in [3.8, 4) is 0 Å². The lowest BCUT2D eigenvalue weighted by atomic mass is 9.76. The molecule has 4 aromatic heterocycles. The van der Waals surface area contributed by atoms with Crippen LogP contribution in [-0.2, 0) is 39.8 Å². The number of rotatable bonds is 2. The molecule has 22 heteroatoms. The lowest BCUT2D eigenvalue weighted by molar-refractivity contribution is -0.305. The number of ether oxygens (including phenoxy) is 4. The van der Waals surface area contributed by atoms with E-state index in [9.17, 15) is 9.69 Å². The maximum atomic E-state index is 15.9. The van der Waals surface area contributed by atoms with Gasteiger partial charge in [0.25, 0.3) is 5.56 Å². The fourth-order valence-electron chi connectivity index (χ4n) is 6.28. The van der Waals surface area contributed by atoms with Gasteiger partial charge in [0.15, 0.2) is 41.2 Å². The quantitative estimate of drug-likeness (QED) is 0.207. The molecule has 0 amide bonds. The molecule has 4 fully saturated rings. The van der Waals surface area contributed by atoms with Gasteiger partial charge in [-0.15, -0.1) is 0 Å². The van der Waals surface area contributed by atoms with Crippen molar-refractivity contribution in [1.82, 2.24) is 39.0 Å². The lowest BCUT2D eigenvalue weighted by Crippen LogP contribution is -2.64. The number of hydrogen-bond donors (Lipinski definition) is 4. The Morgan fingerprint density at radius 3 is 2.66 bits per heavy atom. The Bertz CT molecular complexity index is 1930. The highest BCUT2D eigenvalue weighted by Gasteiger charge is 2.68. The zero-order valence-electron chi connectivity index (χ0n) is 22.4. The van der Waals surface area contributed by atoms with Crippen molar-refractivity contribution in [2.75, 3.05) is 24.7 Å². The van der Waals surface area contributed by atoms with E-state index in [4.69, 9.17) is 51.3 Å². The van der Waals surface area contributed by atoms with Crippen LogP contribution in [0.4, 0.5) is 20.5 Å². The van der Waals surface area contributed by atoms with E-state index in [0.29, 0.717) is 11.2 Å². The third kappa shape index (κ3) is 4.05. The minimum absolute atomic E-state index is 0.164. The number of halogens is 2. The molecular weight excluding hydrogens is 633 g/mol. The van der Waals surface area contributed by atoms with Crippen molar-refractivity contribution in [2.24, 2.45) is 5.92 Å². The molecule has 234 valence electrons. The number of H-pyrrole nitrogens is 1. The van der Waals surface area contributed by atoms with Crippen molar-refractivity contribution in [3.63, 3.8) is 0 Å². The number of nitrogen functional groups attached to an aromatic ring is 2. The normalized spacial score (nSPS) is 38.2. The molecule has 44 heavy (non-hydrogen) atoms. The van der Waals surface area contributed by atoms with Gasteiger partial charge in [-0.05, 0) is 18.7 Å². The van der Waals surface area contributed by atoms with Gasteiger partial charge in [0.2, 0.25) is 12.2 Å². The number of nitrogens with two attached hydrogens (primary N) is 2. The van der Waals surface area contributed by atoms with Crippen LogP contribution in [0, 0.1) is 5.92 Å². The SMILES string of the molecule is CC12COC3O[C@@H](n4cnc5c(=O)[nH]c(N)nc54)[C@H](OP(O)(=S)OC[C@H]4O[C@@H](n5cnc6c(N)ncnc65)[C@H](O1)[C@@H]42)C3(F)F. The van der Waals surface area contributed by atoms with Gasteiger partial charge in [0.05, 0.1) is 37.6 Å². The summed E-state index contributed by atoms with van der Waals surface area (Å²) < 4.78 is 69.4. The van der Waals surface area contributed by atoms with Crippen LogP contribution >= 0.6 is 6.72 Å². The number of nitrogens with one attached hydrogen (secondary N) is 1. The number of hydrogen-bond acceptors (Lipinski definition) is 15. The van der Waals surface area contributed by atoms with E-state index in [1.165, 1.54) is 12.7 Å². The van der Waals surface area contributed by atoms with E-state index >= 15 is 8.78 Å². The fraction of sp³-hybridized carbons (Fsp3) is 0.545. The molecule has 4 aliphatic heterocycles. The van der Waals surface area contributed by atoms with Crippen molar-refractivity contribution in [2.45, 2.75) is 55.5 Å². The summed E-state index contributed by atoms with van der Waals surface area (Å²) >= 11 is 5.17. The summed E-state index contributed by atoms with van der Waals surface area (Å²) in [5, 5.41) is 0. The van der Waals surface area contributed by atoms with E-state index < -0.39 is 66.8 Å². The molecule has 4 saturated heterocycles. The Morgan fingerprint density at radius 1 is 1.11 bits per heavy atom. The molecule has 8 rings (SSSR count). The highest BCUT2D eigenvalue weighted by molar-refractivity contribution is 8.07. The molecule has 18 nitrogen and oxygen atoms in total. The molecule has 0 saturated carbocycles. The number of imidazole rings is 2. The van der Waals surface area contributed by atoms with E-state index in [1.807, 2.05) is 0 Å². The van der Waals surface area contributed by atoms with E-state index in [1.54, 1.807) is 11.5 Å². The number of nitrogens with zero attached hydrogens (tertiary/aromatic N) is 7. The van der Waals surface area contributed by atoms with Gasteiger partial charge in [-0.1, -0.05) is 0 Å². The first kappa shape index (κ1) is 28.2. The molecule has 4 aliphatic rings. The first-order valence-corrected chi connectivity index (χ1v) is 15.7. The molecule has 0 spiro atoms. The van der Waals surface area contributed by atoms with Gasteiger partial charge >= 0.3 is 12.6 Å². The first-order valence-electron chi connectivity index (χ1n) is 13.2. The summed E-state index contributed by atoms with van der Waals surface area (Å²) in [6, 6.07) is 0. The van der Waals surface area contributed by atoms with Gasteiger partial charge in [0, 0.05) is 5.92 Å². The van der Waals surface area contributed by atoms with Crippen LogP contribution in [0.1, 0.15) is 19.4 Å². The van der Waals surface area contributed by atoms with E-state index in [2.05, 4.69) is 29.9 Å². The summed E-state index contributed by atoms with van der Waals surface area (Å²) in [7, 11) is 0. The van der Waals surface area contributed by atoms with E-state index in [0.717, 1.165) is 10.9 Å². The predicted molar refractivity (Wildman–Crippen MR) is 145 cm³/mol. The highest BCUT2D eigenvalue weighted by atomic mass is 32.5. The summed E-state index contributed by atoms with van der Waals surface area (Å²) in [6.45, 7) is -3.38. The third-order valence-electron chi connectivity index (χ3n) is 8.23. The van der Waals surface area contributed by atoms with Gasteiger partial charge in [0.1, 0.15) is 17.9 Å². The summed E-state index contributed by atoms with van der Waals surface area (Å²) in [5.41, 5.74) is 10.2. The van der Waals surface area contributed by atoms with Gasteiger partial charge in [-0.2, -0.15) is 13.8 Å². The van der Waals surface area contributed by atoms with Crippen LogP contribution in [0.3, 0.4) is 0 Å².